The van der Waals surface area contributed by atoms with Gasteiger partial charge in [0.05, 0.1) is 0 Å². The molecule has 4 nitrogen and oxygen atoms in total. The summed E-state index contributed by atoms with van der Waals surface area (Å²) in [6, 6.07) is 6.92. The molecule has 0 atom stereocenters. The van der Waals surface area contributed by atoms with Crippen LogP contribution in [-0.2, 0) is 0 Å². The van der Waals surface area contributed by atoms with Crippen molar-refractivity contribution in [3.8, 4) is 11.5 Å². The van der Waals surface area contributed by atoms with Crippen LogP contribution in [0.5, 0.6) is 0 Å². The monoisotopic (exact) mass is 187 g/mol. The van der Waals surface area contributed by atoms with E-state index in [1.54, 1.807) is 19.2 Å². The lowest BCUT2D eigenvalue weighted by Crippen LogP contribution is -2.08. The summed E-state index contributed by atoms with van der Waals surface area (Å²) in [6.07, 6.45) is 1.66. The zero-order valence-electron chi connectivity index (χ0n) is 7.69. The number of aromatic amines is 1. The fourth-order valence-electron chi connectivity index (χ4n) is 1.20. The molecule has 0 saturated carbocycles. The van der Waals surface area contributed by atoms with Gasteiger partial charge in [-0.1, -0.05) is 6.07 Å². The van der Waals surface area contributed by atoms with E-state index in [0.29, 0.717) is 17.2 Å². The molecule has 2 aromatic rings. The van der Waals surface area contributed by atoms with Gasteiger partial charge in [-0.15, -0.1) is 0 Å². The summed E-state index contributed by atoms with van der Waals surface area (Å²) in [7, 11) is 0. The van der Waals surface area contributed by atoms with Crippen LogP contribution in [0.2, 0.25) is 0 Å². The van der Waals surface area contributed by atoms with Crippen LogP contribution in [0.3, 0.4) is 0 Å². The van der Waals surface area contributed by atoms with Crippen molar-refractivity contribution in [3.05, 3.63) is 46.5 Å². The van der Waals surface area contributed by atoms with Gasteiger partial charge in [-0.25, -0.2) is 4.98 Å². The minimum absolute atomic E-state index is 0.154. The highest BCUT2D eigenvalue weighted by Crippen LogP contribution is 2.08. The molecular weight excluding hydrogens is 178 g/mol. The van der Waals surface area contributed by atoms with Gasteiger partial charge >= 0.3 is 0 Å². The Balaban J connectivity index is 2.58. The minimum atomic E-state index is -0.154. The molecule has 0 bridgehead atoms. The van der Waals surface area contributed by atoms with Crippen molar-refractivity contribution in [3.63, 3.8) is 0 Å². The third-order valence-electron chi connectivity index (χ3n) is 1.78. The third kappa shape index (κ3) is 1.69. The predicted molar refractivity (Wildman–Crippen MR) is 52.8 cm³/mol. The zero-order chi connectivity index (χ0) is 9.97. The highest BCUT2D eigenvalue weighted by Gasteiger charge is 2.01. The number of hydrogen-bond donors (Lipinski definition) is 1. The van der Waals surface area contributed by atoms with E-state index in [9.17, 15) is 4.79 Å². The first-order valence-electron chi connectivity index (χ1n) is 4.25. The topological polar surface area (TPSA) is 58.6 Å². The average Bonchev–Trinajstić information content (AvgIpc) is 2.18. The number of rotatable bonds is 1. The lowest BCUT2D eigenvalue weighted by molar-refractivity contribution is 1.06. The normalized spacial score (nSPS) is 10.1. The van der Waals surface area contributed by atoms with E-state index < -0.39 is 0 Å². The highest BCUT2D eigenvalue weighted by molar-refractivity contribution is 5.47. The largest absolute Gasteiger partial charge is 0.305 e. The molecular formula is C10H9N3O. The molecule has 0 amide bonds. The second-order valence-corrected chi connectivity index (χ2v) is 2.95. The van der Waals surface area contributed by atoms with Crippen LogP contribution in [0.25, 0.3) is 11.5 Å². The first-order valence-corrected chi connectivity index (χ1v) is 4.25. The number of hydrogen-bond acceptors (Lipinski definition) is 3. The van der Waals surface area contributed by atoms with Gasteiger partial charge in [0.15, 0.2) is 5.82 Å². The van der Waals surface area contributed by atoms with Crippen molar-refractivity contribution >= 4 is 0 Å². The molecule has 0 fully saturated rings. The first kappa shape index (κ1) is 8.62. The van der Waals surface area contributed by atoms with Gasteiger partial charge in [0, 0.05) is 18.0 Å². The molecule has 4 heteroatoms. The minimum Gasteiger partial charge on any atom is -0.305 e. The molecule has 0 aromatic carbocycles. The van der Waals surface area contributed by atoms with Crippen molar-refractivity contribution in [2.75, 3.05) is 0 Å². The number of H-pyrrole nitrogens is 1. The molecule has 70 valence electrons. The summed E-state index contributed by atoms with van der Waals surface area (Å²) >= 11 is 0. The Hall–Kier alpha value is -1.97. The smallest absolute Gasteiger partial charge is 0.251 e. The molecule has 0 aliphatic heterocycles. The maximum absolute atomic E-state index is 11.2. The van der Waals surface area contributed by atoms with Gasteiger partial charge < -0.3 is 4.98 Å². The zero-order valence-corrected chi connectivity index (χ0v) is 7.69. The number of aromatic nitrogens is 3. The van der Waals surface area contributed by atoms with E-state index in [1.165, 1.54) is 6.07 Å². The molecule has 2 heterocycles. The van der Waals surface area contributed by atoms with Crippen LogP contribution in [0.4, 0.5) is 0 Å². The molecule has 0 aliphatic carbocycles. The Labute approximate surface area is 80.7 Å². The van der Waals surface area contributed by atoms with Crippen LogP contribution in [-0.4, -0.2) is 15.0 Å². The molecule has 0 unspecified atom stereocenters. The quantitative estimate of drug-likeness (QED) is 0.728. The van der Waals surface area contributed by atoms with E-state index in [2.05, 4.69) is 15.0 Å². The van der Waals surface area contributed by atoms with Crippen LogP contribution in [0.1, 0.15) is 5.69 Å². The second-order valence-electron chi connectivity index (χ2n) is 2.95. The van der Waals surface area contributed by atoms with Crippen LogP contribution >= 0.6 is 0 Å². The Morgan fingerprint density at radius 3 is 2.86 bits per heavy atom. The lowest BCUT2D eigenvalue weighted by Gasteiger charge is -1.99. The van der Waals surface area contributed by atoms with E-state index in [0.717, 1.165) is 0 Å². The molecule has 0 saturated heterocycles. The van der Waals surface area contributed by atoms with Gasteiger partial charge in [0.1, 0.15) is 5.69 Å². The summed E-state index contributed by atoms with van der Waals surface area (Å²) in [4.78, 5) is 22.1. The van der Waals surface area contributed by atoms with E-state index in [-0.39, 0.29) is 5.56 Å². The molecule has 14 heavy (non-hydrogen) atoms. The fraction of sp³-hybridized carbons (Fsp3) is 0.100. The van der Waals surface area contributed by atoms with E-state index >= 15 is 0 Å². The summed E-state index contributed by atoms with van der Waals surface area (Å²) in [5, 5.41) is 0. The van der Waals surface area contributed by atoms with Crippen molar-refractivity contribution < 1.29 is 0 Å². The Bertz CT molecular complexity index is 490. The maximum Gasteiger partial charge on any atom is 0.251 e. The van der Waals surface area contributed by atoms with Gasteiger partial charge in [-0.05, 0) is 19.1 Å². The molecule has 0 aliphatic rings. The molecule has 0 radical (unpaired) electrons. The second kappa shape index (κ2) is 3.41. The number of aryl methyl sites for hydroxylation is 1. The van der Waals surface area contributed by atoms with E-state index in [1.807, 2.05) is 12.1 Å². The molecule has 0 spiro atoms. The molecule has 2 rings (SSSR count). The average molecular weight is 187 g/mol. The third-order valence-corrected chi connectivity index (χ3v) is 1.78. The van der Waals surface area contributed by atoms with Gasteiger partial charge in [-0.2, -0.15) is 0 Å². The van der Waals surface area contributed by atoms with Crippen molar-refractivity contribution in [2.45, 2.75) is 6.92 Å². The van der Waals surface area contributed by atoms with Gasteiger partial charge in [0.25, 0.3) is 5.56 Å². The first-order chi connectivity index (χ1) is 6.75. The summed E-state index contributed by atoms with van der Waals surface area (Å²) < 4.78 is 0. The van der Waals surface area contributed by atoms with Crippen LogP contribution in [0, 0.1) is 6.92 Å². The highest BCUT2D eigenvalue weighted by atomic mass is 16.1. The van der Waals surface area contributed by atoms with Gasteiger partial charge in [-0.3, -0.25) is 9.78 Å². The molecule has 1 N–H and O–H groups in total. The maximum atomic E-state index is 11.2. The van der Waals surface area contributed by atoms with Gasteiger partial charge in [0.2, 0.25) is 0 Å². The van der Waals surface area contributed by atoms with Crippen LogP contribution < -0.4 is 5.56 Å². The van der Waals surface area contributed by atoms with Crippen molar-refractivity contribution in [1.82, 2.24) is 15.0 Å². The standard InChI is InChI=1S/C10H9N3O/c1-7-6-9(14)13-10(12-7)8-4-2-3-5-11-8/h2-6H,1H3,(H,12,13,14). The van der Waals surface area contributed by atoms with Crippen molar-refractivity contribution in [2.24, 2.45) is 0 Å². The summed E-state index contributed by atoms with van der Waals surface area (Å²) in [5.41, 5.74) is 1.21. The Kier molecular flexibility index (Phi) is 2.10. The molecule has 2 aromatic heterocycles. The Morgan fingerprint density at radius 1 is 1.36 bits per heavy atom. The predicted octanol–water partition coefficient (Wildman–Crippen LogP) is 1.14. The SMILES string of the molecule is Cc1cc(=O)[nH]c(-c2ccccn2)n1. The van der Waals surface area contributed by atoms with Crippen LogP contribution in [0.15, 0.2) is 35.3 Å². The van der Waals surface area contributed by atoms with E-state index in [4.69, 9.17) is 0 Å². The van der Waals surface area contributed by atoms with Crippen molar-refractivity contribution in [1.29, 1.82) is 0 Å². The lowest BCUT2D eigenvalue weighted by atomic mass is 10.3. The number of nitrogens with one attached hydrogen (secondary N) is 1. The summed E-state index contributed by atoms with van der Waals surface area (Å²) in [5.74, 6) is 0.510. The number of pyridine rings is 1. The fourth-order valence-corrected chi connectivity index (χ4v) is 1.20. The number of nitrogens with zero attached hydrogens (tertiary/aromatic N) is 2. The summed E-state index contributed by atoms with van der Waals surface area (Å²) in [6.45, 7) is 1.78. The Morgan fingerprint density at radius 2 is 2.21 bits per heavy atom.